The third kappa shape index (κ3) is 24.8. The molecular formula is C81H92LiN15O7S5. The van der Waals surface area contributed by atoms with Crippen LogP contribution in [0.4, 0.5) is 27.0 Å². The number of aromatic nitrogens is 8. The minimum Gasteiger partial charge on any atom is -0.697 e. The van der Waals surface area contributed by atoms with Crippen molar-refractivity contribution in [3.05, 3.63) is 203 Å². The fourth-order valence-corrected chi connectivity index (χ4v) is 15.9. The Labute approximate surface area is 671 Å². The van der Waals surface area contributed by atoms with Gasteiger partial charge in [0, 0.05) is 81.1 Å². The van der Waals surface area contributed by atoms with Crippen LogP contribution in [0, 0.1) is 19.8 Å². The van der Waals surface area contributed by atoms with Crippen molar-refractivity contribution in [2.45, 2.75) is 111 Å². The normalized spacial score (nSPS) is 13.0. The maximum absolute atomic E-state index is 12.6. The fourth-order valence-electron chi connectivity index (χ4n) is 11.6. The van der Waals surface area contributed by atoms with Crippen LogP contribution in [0.25, 0.3) is 63.4 Å². The van der Waals surface area contributed by atoms with Crippen LogP contribution in [0.2, 0.25) is 0 Å². The number of hydrogen-bond donors (Lipinski definition) is 5. The maximum atomic E-state index is 12.6. The predicted molar refractivity (Wildman–Crippen MR) is 440 cm³/mol. The fraction of sp³-hybridized carbons (Fsp3) is 0.321. The number of ketones is 1. The zero-order chi connectivity index (χ0) is 77.0. The molecule has 14 rings (SSSR count). The number of aryl methyl sites for hydroxylation is 1. The maximum Gasteiger partial charge on any atom is 1.00 e. The number of thiazole rings is 4. The van der Waals surface area contributed by atoms with Crippen molar-refractivity contribution in [3.63, 3.8) is 0 Å². The molecule has 5 aromatic carbocycles. The van der Waals surface area contributed by atoms with Gasteiger partial charge < -0.3 is 53.4 Å². The summed E-state index contributed by atoms with van der Waals surface area (Å²) in [6, 6.07) is 53.9. The number of carbonyl (C=O) groups is 4. The van der Waals surface area contributed by atoms with Crippen LogP contribution in [-0.4, -0.2) is 140 Å². The number of nitrogens with one attached hydrogen (secondary N) is 4. The molecule has 109 heavy (non-hydrogen) atoms. The van der Waals surface area contributed by atoms with Crippen LogP contribution in [-0.2, 0) is 27.4 Å². The van der Waals surface area contributed by atoms with Crippen LogP contribution in [0.1, 0.15) is 127 Å². The number of rotatable bonds is 17. The summed E-state index contributed by atoms with van der Waals surface area (Å²) >= 11 is 10.9. The summed E-state index contributed by atoms with van der Waals surface area (Å²) in [5.74, 6) is 2.74. The molecule has 0 saturated carbocycles. The predicted octanol–water partition coefficient (Wildman–Crippen LogP) is 14.5. The molecule has 22 nitrogen and oxygen atoms in total. The number of terminal acetylenes is 1. The van der Waals surface area contributed by atoms with Gasteiger partial charge in [0.15, 0.2) is 11.6 Å². The number of nitrogens with two attached hydrogens (primary N) is 1. The molecule has 28 heteroatoms. The molecule has 6 aromatic heterocycles. The second-order valence-electron chi connectivity index (χ2n) is 26.1. The number of ether oxygens (including phenoxy) is 2. The van der Waals surface area contributed by atoms with Gasteiger partial charge in [-0.1, -0.05) is 164 Å². The molecule has 564 valence electrons. The summed E-state index contributed by atoms with van der Waals surface area (Å²) in [5.41, 5.74) is 14.2. The number of nitrogens with zero attached hydrogens (tertiary/aromatic N) is 10. The second kappa shape index (κ2) is 42.8. The number of Topliss-reactive ketones (excluding diaryl/α,β-unsaturated/α-hetero) is 1. The number of H-pyrrole nitrogens is 2. The van der Waals surface area contributed by atoms with E-state index in [1.807, 2.05) is 167 Å². The van der Waals surface area contributed by atoms with Gasteiger partial charge in [-0.25, -0.2) is 34.6 Å². The molecule has 3 fully saturated rings. The molecule has 9 heterocycles. The van der Waals surface area contributed by atoms with E-state index >= 15 is 0 Å². The Balaban J connectivity index is 0.000000178. The Hall–Kier alpha value is -9.87. The first-order valence-electron chi connectivity index (χ1n) is 35.6. The first kappa shape index (κ1) is 84.7. The molecule has 3 amide bonds. The van der Waals surface area contributed by atoms with Gasteiger partial charge in [0.1, 0.15) is 58.5 Å². The summed E-state index contributed by atoms with van der Waals surface area (Å²) in [5, 5.41) is 25.5. The first-order valence-corrected chi connectivity index (χ1v) is 39.3. The molecule has 6 N–H and O–H groups in total. The van der Waals surface area contributed by atoms with E-state index in [0.717, 1.165) is 161 Å². The number of anilines is 3. The number of piperidine rings is 3. The number of aromatic amines is 2. The molecule has 0 unspecified atom stereocenters. The van der Waals surface area contributed by atoms with Gasteiger partial charge in [-0.15, -0.1) is 45.3 Å². The van der Waals surface area contributed by atoms with E-state index < -0.39 is 17.8 Å². The summed E-state index contributed by atoms with van der Waals surface area (Å²) in [7, 11) is 4.48. The average molecular weight is 1560 g/mol. The first-order chi connectivity index (χ1) is 52.3. The monoisotopic (exact) mass is 1550 g/mol. The molecule has 0 atom stereocenters. The number of alkyl carbamates (subject to hydrolysis) is 2. The third-order valence-electron chi connectivity index (χ3n) is 17.0. The Morgan fingerprint density at radius 2 is 0.890 bits per heavy atom. The van der Waals surface area contributed by atoms with Gasteiger partial charge in [0.05, 0.1) is 59.0 Å². The molecule has 0 aliphatic carbocycles. The topological polar surface area (TPSA) is 268 Å². The van der Waals surface area contributed by atoms with Crippen LogP contribution in [0.3, 0.4) is 0 Å². The van der Waals surface area contributed by atoms with Gasteiger partial charge in [-0.2, -0.15) is 10.2 Å². The summed E-state index contributed by atoms with van der Waals surface area (Å²) in [4.78, 5) is 82.3. The van der Waals surface area contributed by atoms with E-state index in [1.165, 1.54) is 86.9 Å². The van der Waals surface area contributed by atoms with E-state index in [0.29, 0.717) is 23.0 Å². The summed E-state index contributed by atoms with van der Waals surface area (Å²) in [6.45, 7) is 15.6. The summed E-state index contributed by atoms with van der Waals surface area (Å²) in [6.07, 6.45) is 18.9. The van der Waals surface area contributed by atoms with Crippen molar-refractivity contribution in [1.82, 2.24) is 56.0 Å². The van der Waals surface area contributed by atoms with Gasteiger partial charge in [0.2, 0.25) is 0 Å². The van der Waals surface area contributed by atoms with Crippen molar-refractivity contribution in [2.24, 2.45) is 5.73 Å². The number of amides is 3. The number of carbonyl (C=O) groups excluding carboxylic acids is 4. The van der Waals surface area contributed by atoms with E-state index in [1.54, 1.807) is 36.6 Å². The van der Waals surface area contributed by atoms with Gasteiger partial charge >= 0.3 is 31.0 Å². The second-order valence-corrected chi connectivity index (χ2v) is 30.5. The van der Waals surface area contributed by atoms with Crippen LogP contribution < -0.4 is 49.9 Å². The molecule has 3 aliphatic heterocycles. The van der Waals surface area contributed by atoms with E-state index in [9.17, 15) is 19.2 Å². The molecule has 3 aliphatic rings. The van der Waals surface area contributed by atoms with Crippen LogP contribution in [0.15, 0.2) is 164 Å². The zero-order valence-electron chi connectivity index (χ0n) is 63.1. The quantitative estimate of drug-likeness (QED) is 0.0142. The smallest absolute Gasteiger partial charge is 0.697 e. The van der Waals surface area contributed by atoms with E-state index in [4.69, 9.17) is 48.9 Å². The van der Waals surface area contributed by atoms with Crippen molar-refractivity contribution >= 4 is 104 Å². The molecular weight excluding hydrogens is 1460 g/mol. The third-order valence-corrected chi connectivity index (χ3v) is 21.8. The summed E-state index contributed by atoms with van der Waals surface area (Å²) < 4.78 is 9.92. The molecule has 0 spiro atoms. The van der Waals surface area contributed by atoms with Crippen molar-refractivity contribution in [3.8, 4) is 69.8 Å². The molecule has 0 radical (unpaired) electrons. The van der Waals surface area contributed by atoms with E-state index in [2.05, 4.69) is 86.1 Å². The van der Waals surface area contributed by atoms with Crippen molar-refractivity contribution < 1.29 is 52.4 Å². The van der Waals surface area contributed by atoms with Gasteiger partial charge in [-0.05, 0) is 97.6 Å². The Bertz CT molecular complexity index is 4660. The standard InChI is InChI=1S/C23H29N5O2S.C20H23N5O2S.C17H21N3O2S.C12H11NOS.C7H7NS.C2H.Li/c1-23(2,3)30-22(29)24-15-17-14-18(27-26-17)19-20(28-12-8-5-9-13-28)25-21(31-19)16-10-6-4-7-11-16;1-27-20(26)21-13-15-12-16(24-23-15)17-18(25-10-6-3-7-11-25)22-19(28-17)14-8-4-2-5-9-14;1-19(22-2)17(21)14-15(20-11-7-4-8-12-20)18-16(23-14)13-9-5-3-6-10-13;1-8-11(9(2)14)15-12(13-8)10-6-4-3-5-7-10;8-7(9)6-4-2-1-3-5-6;1-2;/h4,6-7,10-11,14H,5,8-9,12-13,15H2,1-3H3,(H,24,29)(H,26,27);2,4-5,8-9,12H,3,6-7,10-11,13H2,1H3,(H,21,26)(H,23,24);3,5-6,9-10H,4,7-8,11-12H2,1-2H3;3-7H,1-2H3;1-5H,(H2,8,9);1H;/q;;;;;-1;+1. The zero-order valence-corrected chi connectivity index (χ0v) is 67.2. The number of hydroxylamine groups is 2. The number of methoxy groups -OCH3 is 1. The van der Waals surface area contributed by atoms with E-state index in [-0.39, 0.29) is 30.6 Å². The molecule has 3 saturated heterocycles. The number of benzene rings is 5. The minimum atomic E-state index is -0.525. The molecule has 11 aromatic rings. The minimum absolute atomic E-state index is 0. The van der Waals surface area contributed by atoms with Gasteiger partial charge in [-0.3, -0.25) is 24.6 Å². The van der Waals surface area contributed by atoms with Crippen LogP contribution in [0.5, 0.6) is 0 Å². The number of hydrogen-bond acceptors (Lipinski definition) is 21. The van der Waals surface area contributed by atoms with Crippen molar-refractivity contribution in [2.75, 3.05) is 75.2 Å². The largest absolute Gasteiger partial charge is 1.00 e. The van der Waals surface area contributed by atoms with Crippen molar-refractivity contribution in [1.29, 1.82) is 0 Å². The van der Waals surface area contributed by atoms with Gasteiger partial charge in [0.25, 0.3) is 5.91 Å². The SMILES string of the molecule is CC(=O)c1sc(-c2ccccc2)nc1C.CC(C)(C)OC(=O)NCc1cc(-c2sc(-c3ccccc3)nc2N2CCCCC2)n[nH]1.COC(=O)NCc1cc(-c2sc(-c3ccccc3)nc2N2CCCCC2)n[nH]1.CON(C)C(=O)c1sc(-c2ccccc2)nc1N1CCCCC1.NC(=S)c1ccccc1.[C-]#C.[Li+]. The van der Waals surface area contributed by atoms with Crippen LogP contribution >= 0.6 is 57.6 Å². The Kier molecular flexibility index (Phi) is 33.2. The average Bonchev–Trinajstić information content (AvgIpc) is 1.66. The Morgan fingerprint density at radius 1 is 0.541 bits per heavy atom. The number of thiocarbonyl (C=S) groups is 1. The molecule has 0 bridgehead atoms. The Morgan fingerprint density at radius 3 is 1.24 bits per heavy atom.